The topological polar surface area (TPSA) is 90.8 Å². The fraction of sp³-hybridized carbons (Fsp3) is 0.889. The quantitative estimate of drug-likeness (QED) is 0.445. The van der Waals surface area contributed by atoms with Crippen LogP contribution >= 0.6 is 0 Å². The highest BCUT2D eigenvalue weighted by Gasteiger charge is 2.12. The zero-order chi connectivity index (χ0) is 11.7. The number of ether oxygens (including phenoxy) is 1. The van der Waals surface area contributed by atoms with E-state index in [2.05, 4.69) is 10.6 Å². The Hall–Kier alpha value is -0.850. The van der Waals surface area contributed by atoms with Crippen LogP contribution in [0.5, 0.6) is 0 Å². The van der Waals surface area contributed by atoms with Gasteiger partial charge in [-0.3, -0.25) is 0 Å². The molecule has 15 heavy (non-hydrogen) atoms. The smallest absolute Gasteiger partial charge is 0.407 e. The van der Waals surface area contributed by atoms with Gasteiger partial charge in [0.25, 0.3) is 0 Å². The van der Waals surface area contributed by atoms with Crippen LogP contribution in [0.4, 0.5) is 4.79 Å². The maximum Gasteiger partial charge on any atom is 0.407 e. The Labute approximate surface area is 89.6 Å². The average Bonchev–Trinajstić information content (AvgIpc) is 2.27. The van der Waals surface area contributed by atoms with Gasteiger partial charge >= 0.3 is 6.09 Å². The van der Waals surface area contributed by atoms with Crippen molar-refractivity contribution in [3.05, 3.63) is 0 Å². The maximum atomic E-state index is 11.1. The van der Waals surface area contributed by atoms with Crippen molar-refractivity contribution in [2.45, 2.75) is 25.4 Å². The van der Waals surface area contributed by atoms with Crippen LogP contribution in [0.25, 0.3) is 0 Å². The van der Waals surface area contributed by atoms with Gasteiger partial charge in [0.2, 0.25) is 0 Å². The number of aliphatic hydroxyl groups excluding tert-OH is 2. The molecule has 0 aromatic carbocycles. The van der Waals surface area contributed by atoms with Crippen molar-refractivity contribution < 1.29 is 19.7 Å². The van der Waals surface area contributed by atoms with E-state index in [0.717, 1.165) is 6.42 Å². The summed E-state index contributed by atoms with van der Waals surface area (Å²) in [6.45, 7) is 1.62. The van der Waals surface area contributed by atoms with Crippen LogP contribution in [0.1, 0.15) is 13.3 Å². The molecule has 0 fully saturated rings. The molecular weight excluding hydrogens is 200 g/mol. The molecule has 90 valence electrons. The van der Waals surface area contributed by atoms with Gasteiger partial charge in [-0.1, -0.05) is 6.92 Å². The molecule has 0 aliphatic carbocycles. The molecule has 0 aliphatic rings. The zero-order valence-electron chi connectivity index (χ0n) is 9.19. The molecule has 0 saturated carbocycles. The summed E-state index contributed by atoms with van der Waals surface area (Å²) in [6, 6.07) is -0.537. The van der Waals surface area contributed by atoms with Crippen LogP contribution < -0.4 is 10.6 Å². The number of carbonyl (C=O) groups excluding carboxylic acids is 1. The largest absolute Gasteiger partial charge is 0.448 e. The first-order valence-corrected chi connectivity index (χ1v) is 5.00. The van der Waals surface area contributed by atoms with Crippen molar-refractivity contribution in [3.63, 3.8) is 0 Å². The summed E-state index contributed by atoms with van der Waals surface area (Å²) in [5, 5.41) is 22.7. The second-order valence-electron chi connectivity index (χ2n) is 3.20. The van der Waals surface area contributed by atoms with Crippen molar-refractivity contribution in [2.24, 2.45) is 0 Å². The van der Waals surface area contributed by atoms with Gasteiger partial charge in [-0.25, -0.2) is 4.79 Å². The lowest BCUT2D eigenvalue weighted by molar-refractivity contribution is 0.113. The van der Waals surface area contributed by atoms with E-state index in [1.165, 1.54) is 0 Å². The molecule has 0 aromatic heterocycles. The van der Waals surface area contributed by atoms with Gasteiger partial charge in [0, 0.05) is 6.04 Å². The van der Waals surface area contributed by atoms with Crippen LogP contribution in [0.3, 0.4) is 0 Å². The number of carbonyl (C=O) groups is 1. The summed E-state index contributed by atoms with van der Waals surface area (Å²) < 4.78 is 4.89. The van der Waals surface area contributed by atoms with Crippen LogP contribution in [0.2, 0.25) is 0 Å². The van der Waals surface area contributed by atoms with E-state index < -0.39 is 12.1 Å². The Morgan fingerprint density at radius 3 is 2.33 bits per heavy atom. The molecule has 1 amide bonds. The lowest BCUT2D eigenvalue weighted by atomic mass is 10.2. The standard InChI is InChI=1S/C9H20N2O4/c1-3-7(10-2)6-15-9(14)11-8(4-12)5-13/h7-8,10,12-13H,3-6H2,1-2H3,(H,11,14). The average molecular weight is 220 g/mol. The summed E-state index contributed by atoms with van der Waals surface area (Å²) in [6.07, 6.45) is 0.226. The number of hydrogen-bond donors (Lipinski definition) is 4. The van der Waals surface area contributed by atoms with Gasteiger partial charge in [-0.05, 0) is 13.5 Å². The normalized spacial score (nSPS) is 12.6. The minimum atomic E-state index is -0.660. The molecule has 0 heterocycles. The van der Waals surface area contributed by atoms with Gasteiger partial charge in [-0.2, -0.15) is 0 Å². The van der Waals surface area contributed by atoms with E-state index >= 15 is 0 Å². The van der Waals surface area contributed by atoms with Gasteiger partial charge in [-0.15, -0.1) is 0 Å². The number of hydrogen-bond acceptors (Lipinski definition) is 5. The van der Waals surface area contributed by atoms with Crippen molar-refractivity contribution in [1.29, 1.82) is 0 Å². The number of likely N-dealkylation sites (N-methyl/N-ethyl adjacent to an activating group) is 1. The van der Waals surface area contributed by atoms with E-state index in [1.54, 1.807) is 7.05 Å². The highest BCUT2D eigenvalue weighted by molar-refractivity contribution is 5.67. The highest BCUT2D eigenvalue weighted by atomic mass is 16.5. The Morgan fingerprint density at radius 2 is 1.93 bits per heavy atom. The second kappa shape index (κ2) is 8.46. The first-order valence-electron chi connectivity index (χ1n) is 5.00. The molecule has 1 unspecified atom stereocenters. The molecule has 6 heteroatoms. The van der Waals surface area contributed by atoms with Gasteiger partial charge < -0.3 is 25.6 Å². The predicted molar refractivity (Wildman–Crippen MR) is 55.6 cm³/mol. The molecule has 0 radical (unpaired) electrons. The minimum Gasteiger partial charge on any atom is -0.448 e. The van der Waals surface area contributed by atoms with Crippen molar-refractivity contribution >= 4 is 6.09 Å². The molecule has 0 bridgehead atoms. The molecule has 6 nitrogen and oxygen atoms in total. The highest BCUT2D eigenvalue weighted by Crippen LogP contribution is 1.92. The van der Waals surface area contributed by atoms with E-state index in [0.29, 0.717) is 0 Å². The lowest BCUT2D eigenvalue weighted by Crippen LogP contribution is -2.42. The SMILES string of the molecule is CCC(COC(=O)NC(CO)CO)NC. The van der Waals surface area contributed by atoms with Crippen molar-refractivity contribution in [3.8, 4) is 0 Å². The molecule has 0 aliphatic heterocycles. The monoisotopic (exact) mass is 220 g/mol. The van der Waals surface area contributed by atoms with Crippen LogP contribution in [0, 0.1) is 0 Å². The molecule has 1 atom stereocenters. The molecule has 0 aromatic rings. The predicted octanol–water partition coefficient (Wildman–Crippen LogP) is -0.936. The Kier molecular flexibility index (Phi) is 7.98. The fourth-order valence-corrected chi connectivity index (χ4v) is 0.939. The molecular formula is C9H20N2O4. The molecule has 0 saturated heterocycles. The summed E-state index contributed by atoms with van der Waals surface area (Å²) in [7, 11) is 1.79. The number of amides is 1. The number of alkyl carbamates (subject to hydrolysis) is 1. The minimum absolute atomic E-state index is 0.123. The number of aliphatic hydroxyl groups is 2. The first-order chi connectivity index (χ1) is 7.17. The van der Waals surface area contributed by atoms with Gasteiger partial charge in [0.05, 0.1) is 19.3 Å². The summed E-state index contributed by atoms with van der Waals surface area (Å²) in [5.74, 6) is 0. The van der Waals surface area contributed by atoms with Crippen LogP contribution in [-0.2, 0) is 4.74 Å². The summed E-state index contributed by atoms with van der Waals surface area (Å²) in [4.78, 5) is 11.1. The van der Waals surface area contributed by atoms with Crippen LogP contribution in [-0.4, -0.2) is 55.3 Å². The van der Waals surface area contributed by atoms with E-state index in [9.17, 15) is 4.79 Å². The third kappa shape index (κ3) is 6.27. The number of nitrogens with one attached hydrogen (secondary N) is 2. The van der Waals surface area contributed by atoms with Gasteiger partial charge in [0.15, 0.2) is 0 Å². The number of rotatable bonds is 7. The Balaban J connectivity index is 3.73. The fourth-order valence-electron chi connectivity index (χ4n) is 0.939. The molecule has 0 rings (SSSR count). The molecule has 0 spiro atoms. The van der Waals surface area contributed by atoms with Crippen molar-refractivity contribution in [1.82, 2.24) is 10.6 Å². The van der Waals surface area contributed by atoms with Crippen molar-refractivity contribution in [2.75, 3.05) is 26.9 Å². The summed E-state index contributed by atoms with van der Waals surface area (Å²) in [5.41, 5.74) is 0. The lowest BCUT2D eigenvalue weighted by Gasteiger charge is -2.16. The maximum absolute atomic E-state index is 11.1. The zero-order valence-corrected chi connectivity index (χ0v) is 9.19. The van der Waals surface area contributed by atoms with E-state index in [4.69, 9.17) is 14.9 Å². The summed E-state index contributed by atoms with van der Waals surface area (Å²) >= 11 is 0. The van der Waals surface area contributed by atoms with Gasteiger partial charge in [0.1, 0.15) is 6.61 Å². The first kappa shape index (κ1) is 14.2. The second-order valence-corrected chi connectivity index (χ2v) is 3.20. The molecule has 4 N–H and O–H groups in total. The third-order valence-corrected chi connectivity index (χ3v) is 2.08. The Bertz CT molecular complexity index is 169. The third-order valence-electron chi connectivity index (χ3n) is 2.08. The van der Waals surface area contributed by atoms with Crippen LogP contribution in [0.15, 0.2) is 0 Å². The van der Waals surface area contributed by atoms with E-state index in [-0.39, 0.29) is 25.9 Å². The van der Waals surface area contributed by atoms with E-state index in [1.807, 2.05) is 6.92 Å². The Morgan fingerprint density at radius 1 is 1.33 bits per heavy atom.